The van der Waals surface area contributed by atoms with Gasteiger partial charge < -0.3 is 0 Å². The Morgan fingerprint density at radius 3 is 2.27 bits per heavy atom. The van der Waals surface area contributed by atoms with E-state index in [4.69, 9.17) is 0 Å². The average molecular weight is 207 g/mol. The number of carbonyl (C=O) groups is 2. The van der Waals surface area contributed by atoms with E-state index in [2.05, 4.69) is 6.58 Å². The third-order valence-corrected chi connectivity index (χ3v) is 3.56. The molecule has 82 valence electrons. The molecule has 2 amide bonds. The van der Waals surface area contributed by atoms with E-state index < -0.39 is 0 Å². The van der Waals surface area contributed by atoms with Gasteiger partial charge in [-0.3, -0.25) is 14.5 Å². The highest BCUT2D eigenvalue weighted by Crippen LogP contribution is 2.31. The van der Waals surface area contributed by atoms with Crippen LogP contribution in [-0.2, 0) is 9.59 Å². The first-order valence-electron chi connectivity index (χ1n) is 5.69. The van der Waals surface area contributed by atoms with Crippen LogP contribution in [0, 0.1) is 5.92 Å². The van der Waals surface area contributed by atoms with Gasteiger partial charge in [0.15, 0.2) is 0 Å². The molecule has 0 N–H and O–H groups in total. The van der Waals surface area contributed by atoms with Gasteiger partial charge in [0.2, 0.25) is 5.91 Å². The van der Waals surface area contributed by atoms with Gasteiger partial charge >= 0.3 is 0 Å². The number of likely N-dealkylation sites (tertiary alicyclic amines) is 1. The van der Waals surface area contributed by atoms with E-state index in [1.807, 2.05) is 0 Å². The molecule has 1 heterocycles. The third-order valence-electron chi connectivity index (χ3n) is 3.56. The molecule has 1 aliphatic heterocycles. The van der Waals surface area contributed by atoms with Crippen LogP contribution in [0.25, 0.3) is 0 Å². The van der Waals surface area contributed by atoms with Crippen LogP contribution in [0.3, 0.4) is 0 Å². The first kappa shape index (κ1) is 10.4. The van der Waals surface area contributed by atoms with Crippen LogP contribution < -0.4 is 0 Å². The Labute approximate surface area is 90.1 Å². The smallest absolute Gasteiger partial charge is 0.256 e. The van der Waals surface area contributed by atoms with Crippen molar-refractivity contribution < 1.29 is 9.59 Å². The van der Waals surface area contributed by atoms with Gasteiger partial charge in [0.05, 0.1) is 5.92 Å². The summed E-state index contributed by atoms with van der Waals surface area (Å²) in [6.07, 6.45) is 5.42. The van der Waals surface area contributed by atoms with Crippen LogP contribution in [-0.4, -0.2) is 22.8 Å². The molecule has 3 heteroatoms. The molecule has 0 aromatic heterocycles. The van der Waals surface area contributed by atoms with Crippen molar-refractivity contribution in [3.63, 3.8) is 0 Å². The van der Waals surface area contributed by atoms with E-state index >= 15 is 0 Å². The molecule has 15 heavy (non-hydrogen) atoms. The molecule has 1 unspecified atom stereocenters. The predicted octanol–water partition coefficient (Wildman–Crippen LogP) is 1.88. The summed E-state index contributed by atoms with van der Waals surface area (Å²) in [5, 5.41) is 0. The molecule has 0 spiro atoms. The first-order chi connectivity index (χ1) is 7.13. The quantitative estimate of drug-likeness (QED) is 0.486. The van der Waals surface area contributed by atoms with E-state index in [-0.39, 0.29) is 23.8 Å². The summed E-state index contributed by atoms with van der Waals surface area (Å²) in [7, 11) is 0. The average Bonchev–Trinajstić information content (AvgIpc) is 2.45. The van der Waals surface area contributed by atoms with Crippen LogP contribution in [0.4, 0.5) is 0 Å². The Morgan fingerprint density at radius 2 is 1.80 bits per heavy atom. The second-order valence-electron chi connectivity index (χ2n) is 4.55. The van der Waals surface area contributed by atoms with Crippen LogP contribution >= 0.6 is 0 Å². The lowest BCUT2D eigenvalue weighted by Gasteiger charge is -2.29. The van der Waals surface area contributed by atoms with Crippen molar-refractivity contribution in [3.8, 4) is 0 Å². The summed E-state index contributed by atoms with van der Waals surface area (Å²) in [6, 6.07) is 0.139. The number of carbonyl (C=O) groups excluding carboxylic acids is 2. The maximum absolute atomic E-state index is 11.9. The van der Waals surface area contributed by atoms with Crippen molar-refractivity contribution in [1.29, 1.82) is 0 Å². The Balaban J connectivity index is 2.17. The fraction of sp³-hybridized carbons (Fsp3) is 0.667. The Bertz CT molecular complexity index is 316. The second-order valence-corrected chi connectivity index (χ2v) is 4.55. The van der Waals surface area contributed by atoms with E-state index in [0.29, 0.717) is 5.57 Å². The van der Waals surface area contributed by atoms with Gasteiger partial charge in [-0.2, -0.15) is 0 Å². The SMILES string of the molecule is C=C1C(=O)N(C2CCCCC2)C(=O)C1C. The van der Waals surface area contributed by atoms with E-state index in [0.717, 1.165) is 25.7 Å². The highest BCUT2D eigenvalue weighted by molar-refractivity contribution is 6.14. The summed E-state index contributed by atoms with van der Waals surface area (Å²) in [6.45, 7) is 5.47. The standard InChI is InChI=1S/C12H17NO2/c1-8-9(2)12(15)13(11(8)14)10-6-4-3-5-7-10/h9-10H,1,3-7H2,2H3. The summed E-state index contributed by atoms with van der Waals surface area (Å²) >= 11 is 0. The fourth-order valence-electron chi connectivity index (χ4n) is 2.48. The highest BCUT2D eigenvalue weighted by atomic mass is 16.2. The van der Waals surface area contributed by atoms with Gasteiger partial charge in [-0.1, -0.05) is 25.8 Å². The summed E-state index contributed by atoms with van der Waals surface area (Å²) < 4.78 is 0. The molecule has 1 saturated carbocycles. The zero-order chi connectivity index (χ0) is 11.0. The van der Waals surface area contributed by atoms with Crippen molar-refractivity contribution in [2.75, 3.05) is 0 Å². The second kappa shape index (κ2) is 3.80. The zero-order valence-electron chi connectivity index (χ0n) is 9.16. The van der Waals surface area contributed by atoms with Crippen LogP contribution in [0.2, 0.25) is 0 Å². The van der Waals surface area contributed by atoms with Crippen molar-refractivity contribution in [1.82, 2.24) is 4.90 Å². The first-order valence-corrected chi connectivity index (χ1v) is 5.69. The van der Waals surface area contributed by atoms with Gasteiger partial charge in [0, 0.05) is 11.6 Å². The zero-order valence-corrected chi connectivity index (χ0v) is 9.16. The predicted molar refractivity (Wildman–Crippen MR) is 57.0 cm³/mol. The Hall–Kier alpha value is -1.12. The van der Waals surface area contributed by atoms with Crippen molar-refractivity contribution in [2.45, 2.75) is 45.1 Å². The number of hydrogen-bond acceptors (Lipinski definition) is 2. The molecule has 0 bridgehead atoms. The molecule has 1 atom stereocenters. The number of rotatable bonds is 1. The molecule has 2 aliphatic rings. The van der Waals surface area contributed by atoms with E-state index in [9.17, 15) is 9.59 Å². The molecule has 2 fully saturated rings. The van der Waals surface area contributed by atoms with E-state index in [1.165, 1.54) is 11.3 Å². The van der Waals surface area contributed by atoms with Crippen molar-refractivity contribution in [2.24, 2.45) is 5.92 Å². The summed E-state index contributed by atoms with van der Waals surface area (Å²) in [5.74, 6) is -0.490. The maximum Gasteiger partial charge on any atom is 0.256 e. The van der Waals surface area contributed by atoms with Crippen LogP contribution in [0.15, 0.2) is 12.2 Å². The van der Waals surface area contributed by atoms with E-state index in [1.54, 1.807) is 6.92 Å². The lowest BCUT2D eigenvalue weighted by molar-refractivity contribution is -0.142. The molecule has 3 nitrogen and oxygen atoms in total. The molecule has 1 aliphatic carbocycles. The van der Waals surface area contributed by atoms with Gasteiger partial charge in [-0.25, -0.2) is 0 Å². The van der Waals surface area contributed by atoms with Crippen LogP contribution in [0.1, 0.15) is 39.0 Å². The molecule has 0 aromatic rings. The molecular formula is C12H17NO2. The van der Waals surface area contributed by atoms with Crippen molar-refractivity contribution in [3.05, 3.63) is 12.2 Å². The topological polar surface area (TPSA) is 37.4 Å². The largest absolute Gasteiger partial charge is 0.275 e. The third kappa shape index (κ3) is 1.60. The van der Waals surface area contributed by atoms with Gasteiger partial charge in [0.25, 0.3) is 5.91 Å². The molecular weight excluding hydrogens is 190 g/mol. The molecule has 0 radical (unpaired) electrons. The highest BCUT2D eigenvalue weighted by Gasteiger charge is 2.42. The Morgan fingerprint density at radius 1 is 1.20 bits per heavy atom. The van der Waals surface area contributed by atoms with Crippen molar-refractivity contribution >= 4 is 11.8 Å². The molecule has 1 saturated heterocycles. The van der Waals surface area contributed by atoms with Gasteiger partial charge in [0.1, 0.15) is 0 Å². The van der Waals surface area contributed by atoms with Crippen LogP contribution in [0.5, 0.6) is 0 Å². The number of nitrogens with zero attached hydrogens (tertiary/aromatic N) is 1. The number of imide groups is 1. The Kier molecular flexibility index (Phi) is 2.63. The minimum atomic E-state index is -0.306. The lowest BCUT2D eigenvalue weighted by Crippen LogP contribution is -2.41. The maximum atomic E-state index is 11.9. The number of hydrogen-bond donors (Lipinski definition) is 0. The summed E-state index contributed by atoms with van der Waals surface area (Å²) in [4.78, 5) is 25.2. The van der Waals surface area contributed by atoms with Gasteiger partial charge in [-0.05, 0) is 19.8 Å². The molecule has 2 rings (SSSR count). The van der Waals surface area contributed by atoms with Gasteiger partial charge in [-0.15, -0.1) is 0 Å². The minimum Gasteiger partial charge on any atom is -0.275 e. The monoisotopic (exact) mass is 207 g/mol. The number of amides is 2. The minimum absolute atomic E-state index is 0.0445. The fourth-order valence-corrected chi connectivity index (χ4v) is 2.48. The lowest BCUT2D eigenvalue weighted by atomic mass is 9.94. The summed E-state index contributed by atoms with van der Waals surface area (Å²) in [5.41, 5.74) is 0.463. The molecule has 0 aromatic carbocycles. The normalized spacial score (nSPS) is 29.0.